The lowest BCUT2D eigenvalue weighted by Gasteiger charge is -2.19. The van der Waals surface area contributed by atoms with Crippen LogP contribution >= 0.6 is 0 Å². The van der Waals surface area contributed by atoms with Gasteiger partial charge in [-0.1, -0.05) is 13.8 Å². The largest absolute Gasteiger partial charge is 0.467 e. The van der Waals surface area contributed by atoms with E-state index in [0.29, 0.717) is 23.6 Å². The van der Waals surface area contributed by atoms with Crippen molar-refractivity contribution in [3.05, 3.63) is 53.1 Å². The first-order valence-corrected chi connectivity index (χ1v) is 10.4. The van der Waals surface area contributed by atoms with Crippen molar-refractivity contribution in [2.24, 2.45) is 0 Å². The number of aryl methyl sites for hydroxylation is 1. The molecule has 29 heavy (non-hydrogen) atoms. The van der Waals surface area contributed by atoms with E-state index in [-0.39, 0.29) is 5.91 Å². The molecule has 1 aliphatic rings. The predicted octanol–water partition coefficient (Wildman–Crippen LogP) is 4.38. The van der Waals surface area contributed by atoms with E-state index in [1.54, 1.807) is 12.3 Å². The van der Waals surface area contributed by atoms with Crippen molar-refractivity contribution in [1.29, 1.82) is 0 Å². The van der Waals surface area contributed by atoms with Crippen molar-refractivity contribution in [1.82, 2.24) is 9.88 Å². The lowest BCUT2D eigenvalue weighted by molar-refractivity contribution is 0.102. The number of rotatable bonds is 6. The SMILES string of the molecule is CCN(CC)Cc1occc1C(=O)Nc1ccc2nc3c(c(N)c2c1)CCCC3. The number of carbonyl (C=O) groups is 1. The Balaban J connectivity index is 1.59. The van der Waals surface area contributed by atoms with Crippen LogP contribution in [0, 0.1) is 0 Å². The number of nitrogens with zero attached hydrogens (tertiary/aromatic N) is 2. The zero-order valence-electron chi connectivity index (χ0n) is 17.1. The second-order valence-corrected chi connectivity index (χ2v) is 7.56. The van der Waals surface area contributed by atoms with Crippen LogP contribution in [0.15, 0.2) is 34.9 Å². The van der Waals surface area contributed by atoms with Gasteiger partial charge in [0.25, 0.3) is 5.91 Å². The maximum Gasteiger partial charge on any atom is 0.259 e. The molecule has 4 rings (SSSR count). The van der Waals surface area contributed by atoms with Crippen molar-refractivity contribution in [3.8, 4) is 0 Å². The first-order valence-electron chi connectivity index (χ1n) is 10.4. The summed E-state index contributed by atoms with van der Waals surface area (Å²) in [7, 11) is 0. The molecule has 1 amide bonds. The summed E-state index contributed by atoms with van der Waals surface area (Å²) in [6, 6.07) is 7.46. The lowest BCUT2D eigenvalue weighted by atomic mass is 9.93. The number of fused-ring (bicyclic) bond motifs is 2. The number of carbonyl (C=O) groups excluding carboxylic acids is 1. The van der Waals surface area contributed by atoms with E-state index in [1.165, 1.54) is 12.0 Å². The molecule has 0 saturated carbocycles. The molecule has 0 saturated heterocycles. The molecule has 1 aromatic carbocycles. The molecule has 6 nitrogen and oxygen atoms in total. The Morgan fingerprint density at radius 3 is 2.79 bits per heavy atom. The Bertz CT molecular complexity index is 1040. The third-order valence-corrected chi connectivity index (χ3v) is 5.82. The van der Waals surface area contributed by atoms with Crippen LogP contribution in [-0.2, 0) is 19.4 Å². The molecule has 0 radical (unpaired) electrons. The van der Waals surface area contributed by atoms with E-state index in [0.717, 1.165) is 54.6 Å². The quantitative estimate of drug-likeness (QED) is 0.650. The van der Waals surface area contributed by atoms with E-state index in [9.17, 15) is 4.79 Å². The number of furan rings is 1. The van der Waals surface area contributed by atoms with Crippen LogP contribution in [0.5, 0.6) is 0 Å². The minimum atomic E-state index is -0.176. The number of nitrogens with two attached hydrogens (primary N) is 1. The Kier molecular flexibility index (Phi) is 5.53. The first kappa shape index (κ1) is 19.5. The molecule has 3 aromatic rings. The molecule has 0 atom stereocenters. The number of hydrogen-bond acceptors (Lipinski definition) is 5. The van der Waals surface area contributed by atoms with Crippen molar-refractivity contribution < 1.29 is 9.21 Å². The van der Waals surface area contributed by atoms with Crippen LogP contribution in [0.4, 0.5) is 11.4 Å². The second kappa shape index (κ2) is 8.25. The van der Waals surface area contributed by atoms with Gasteiger partial charge in [-0.2, -0.15) is 0 Å². The topological polar surface area (TPSA) is 84.4 Å². The van der Waals surface area contributed by atoms with Gasteiger partial charge in [-0.15, -0.1) is 0 Å². The maximum absolute atomic E-state index is 12.9. The van der Waals surface area contributed by atoms with Gasteiger partial charge >= 0.3 is 0 Å². The Morgan fingerprint density at radius 1 is 1.21 bits per heavy atom. The summed E-state index contributed by atoms with van der Waals surface area (Å²) in [4.78, 5) is 19.9. The van der Waals surface area contributed by atoms with Gasteiger partial charge in [0.05, 0.1) is 23.9 Å². The highest BCUT2D eigenvalue weighted by Crippen LogP contribution is 2.32. The maximum atomic E-state index is 12.9. The van der Waals surface area contributed by atoms with E-state index >= 15 is 0 Å². The highest BCUT2D eigenvalue weighted by Gasteiger charge is 2.19. The molecular formula is C23H28N4O2. The zero-order valence-corrected chi connectivity index (χ0v) is 17.1. The van der Waals surface area contributed by atoms with Crippen molar-refractivity contribution >= 4 is 28.2 Å². The number of aromatic nitrogens is 1. The summed E-state index contributed by atoms with van der Waals surface area (Å²) in [5.74, 6) is 0.506. The Hall–Kier alpha value is -2.86. The van der Waals surface area contributed by atoms with Crippen molar-refractivity contribution in [2.75, 3.05) is 24.1 Å². The van der Waals surface area contributed by atoms with Gasteiger partial charge < -0.3 is 15.5 Å². The van der Waals surface area contributed by atoms with Crippen molar-refractivity contribution in [3.63, 3.8) is 0 Å². The van der Waals surface area contributed by atoms with Crippen LogP contribution in [0.3, 0.4) is 0 Å². The number of nitrogen functional groups attached to an aromatic ring is 1. The summed E-state index contributed by atoms with van der Waals surface area (Å²) in [6.07, 6.45) is 5.85. The van der Waals surface area contributed by atoms with E-state index < -0.39 is 0 Å². The highest BCUT2D eigenvalue weighted by atomic mass is 16.3. The number of anilines is 2. The third kappa shape index (κ3) is 3.85. The first-order chi connectivity index (χ1) is 14.1. The molecule has 0 bridgehead atoms. The zero-order chi connectivity index (χ0) is 20.4. The number of hydrogen-bond donors (Lipinski definition) is 2. The van der Waals surface area contributed by atoms with Crippen LogP contribution in [0.25, 0.3) is 10.9 Å². The summed E-state index contributed by atoms with van der Waals surface area (Å²) in [5, 5.41) is 3.89. The number of benzene rings is 1. The lowest BCUT2D eigenvalue weighted by Crippen LogP contribution is -2.23. The number of amides is 1. The van der Waals surface area contributed by atoms with E-state index in [2.05, 4.69) is 24.1 Å². The fourth-order valence-electron chi connectivity index (χ4n) is 4.05. The monoisotopic (exact) mass is 392 g/mol. The number of nitrogens with one attached hydrogen (secondary N) is 1. The number of pyridine rings is 1. The average molecular weight is 393 g/mol. The average Bonchev–Trinajstić information content (AvgIpc) is 3.21. The summed E-state index contributed by atoms with van der Waals surface area (Å²) in [5.41, 5.74) is 11.7. The van der Waals surface area contributed by atoms with Crippen molar-refractivity contribution in [2.45, 2.75) is 46.1 Å². The molecule has 0 fully saturated rings. The van der Waals surface area contributed by atoms with Gasteiger partial charge in [0.1, 0.15) is 5.76 Å². The van der Waals surface area contributed by atoms with Gasteiger partial charge in [0.15, 0.2) is 0 Å². The van der Waals surface area contributed by atoms with Gasteiger partial charge in [-0.05, 0) is 68.6 Å². The molecule has 3 N–H and O–H groups in total. The summed E-state index contributed by atoms with van der Waals surface area (Å²) < 4.78 is 5.58. The van der Waals surface area contributed by atoms with Gasteiger partial charge in [0.2, 0.25) is 0 Å². The van der Waals surface area contributed by atoms with Gasteiger partial charge in [-0.25, -0.2) is 0 Å². The molecule has 2 aromatic heterocycles. The molecule has 1 aliphatic carbocycles. The van der Waals surface area contributed by atoms with Gasteiger partial charge in [-0.3, -0.25) is 14.7 Å². The normalized spacial score (nSPS) is 13.6. The third-order valence-electron chi connectivity index (χ3n) is 5.82. The van der Waals surface area contributed by atoms with Gasteiger partial charge in [0, 0.05) is 22.5 Å². The molecule has 2 heterocycles. The standard InChI is InChI=1S/C23H28N4O2/c1-3-27(4-2)14-21-17(11-12-29-21)23(28)25-15-9-10-20-18(13-15)22(24)16-7-5-6-8-19(16)26-20/h9-13H,3-8,14H2,1-2H3,(H2,24,26)(H,25,28). The fraction of sp³-hybridized carbons (Fsp3) is 0.391. The fourth-order valence-corrected chi connectivity index (χ4v) is 4.05. The molecular weight excluding hydrogens is 364 g/mol. The summed E-state index contributed by atoms with van der Waals surface area (Å²) in [6.45, 7) is 6.61. The van der Waals surface area contributed by atoms with E-state index in [4.69, 9.17) is 15.1 Å². The Labute approximate surface area is 171 Å². The predicted molar refractivity (Wildman–Crippen MR) is 116 cm³/mol. The molecule has 0 spiro atoms. The highest BCUT2D eigenvalue weighted by molar-refractivity contribution is 6.06. The van der Waals surface area contributed by atoms with Crippen LogP contribution < -0.4 is 11.1 Å². The second-order valence-electron chi connectivity index (χ2n) is 7.56. The van der Waals surface area contributed by atoms with Crippen LogP contribution in [0.2, 0.25) is 0 Å². The minimum absolute atomic E-state index is 0.176. The minimum Gasteiger partial charge on any atom is -0.467 e. The molecule has 6 heteroatoms. The summed E-state index contributed by atoms with van der Waals surface area (Å²) >= 11 is 0. The molecule has 0 unspecified atom stereocenters. The smallest absolute Gasteiger partial charge is 0.259 e. The van der Waals surface area contributed by atoms with E-state index in [1.807, 2.05) is 18.2 Å². The molecule has 152 valence electrons. The van der Waals surface area contributed by atoms with Crippen LogP contribution in [-0.4, -0.2) is 28.9 Å². The Morgan fingerprint density at radius 2 is 2.00 bits per heavy atom. The van der Waals surface area contributed by atoms with Crippen LogP contribution in [0.1, 0.15) is 54.1 Å². The molecule has 0 aliphatic heterocycles.